The molecule has 1 aromatic heterocycles. The minimum absolute atomic E-state index is 0.00797. The van der Waals surface area contributed by atoms with Crippen LogP contribution in [-0.4, -0.2) is 30.9 Å². The molecule has 2 rings (SSSR count). The molecule has 2 amide bonds. The highest BCUT2D eigenvalue weighted by atomic mass is 32.1. The number of thiophene rings is 1. The predicted octanol–water partition coefficient (Wildman–Crippen LogP) is 3.58. The van der Waals surface area contributed by atoms with Crippen molar-refractivity contribution in [2.24, 2.45) is 0 Å². The minimum Gasteiger partial charge on any atom is -0.352 e. The molecule has 2 aromatic rings. The van der Waals surface area contributed by atoms with Gasteiger partial charge in [0.2, 0.25) is 11.8 Å². The molecule has 0 unspecified atom stereocenters. The maximum atomic E-state index is 12.2. The normalized spacial score (nSPS) is 13.2. The summed E-state index contributed by atoms with van der Waals surface area (Å²) in [4.78, 5) is 25.0. The Labute approximate surface area is 171 Å². The molecule has 0 saturated heterocycles. The van der Waals surface area contributed by atoms with E-state index < -0.39 is 0 Å². The molecule has 28 heavy (non-hydrogen) atoms. The van der Waals surface area contributed by atoms with Gasteiger partial charge in [-0.05, 0) is 48.8 Å². The van der Waals surface area contributed by atoms with Crippen LogP contribution in [0.1, 0.15) is 62.1 Å². The quantitative estimate of drug-likeness (QED) is 0.570. The van der Waals surface area contributed by atoms with E-state index in [4.69, 9.17) is 0 Å². The first kappa shape index (κ1) is 22.1. The third-order valence-corrected chi connectivity index (χ3v) is 5.58. The smallest absolute Gasteiger partial charge is 0.239 e. The first-order chi connectivity index (χ1) is 13.4. The molecular formula is C22H31N3O2S. The SMILES string of the molecule is CC[C@@H](C)c1ccc([C@@H](NCC(=O)NCC(=O)NC(C)C)c2cccs2)cc1. The number of amides is 2. The van der Waals surface area contributed by atoms with Crippen LogP contribution in [0.4, 0.5) is 0 Å². The van der Waals surface area contributed by atoms with Crippen LogP contribution < -0.4 is 16.0 Å². The number of carbonyl (C=O) groups is 2. The van der Waals surface area contributed by atoms with E-state index in [2.05, 4.69) is 60.1 Å². The van der Waals surface area contributed by atoms with Crippen molar-refractivity contribution in [2.75, 3.05) is 13.1 Å². The van der Waals surface area contributed by atoms with E-state index in [0.717, 1.165) is 16.9 Å². The fourth-order valence-corrected chi connectivity index (χ4v) is 3.73. The van der Waals surface area contributed by atoms with Crippen molar-refractivity contribution in [3.63, 3.8) is 0 Å². The number of nitrogens with one attached hydrogen (secondary N) is 3. The number of hydrogen-bond acceptors (Lipinski definition) is 4. The van der Waals surface area contributed by atoms with Crippen molar-refractivity contribution >= 4 is 23.2 Å². The summed E-state index contributed by atoms with van der Waals surface area (Å²) in [6.45, 7) is 8.33. The Hall–Kier alpha value is -2.18. The Morgan fingerprint density at radius 1 is 0.964 bits per heavy atom. The van der Waals surface area contributed by atoms with Crippen LogP contribution in [0.5, 0.6) is 0 Å². The van der Waals surface area contributed by atoms with E-state index in [1.807, 2.05) is 25.3 Å². The first-order valence-electron chi connectivity index (χ1n) is 9.83. The molecule has 152 valence electrons. The molecule has 0 radical (unpaired) electrons. The molecule has 0 saturated carbocycles. The second-order valence-electron chi connectivity index (χ2n) is 7.30. The van der Waals surface area contributed by atoms with Crippen LogP contribution in [0, 0.1) is 0 Å². The van der Waals surface area contributed by atoms with E-state index in [1.54, 1.807) is 11.3 Å². The van der Waals surface area contributed by atoms with Crippen molar-refractivity contribution in [1.82, 2.24) is 16.0 Å². The molecule has 0 fully saturated rings. The molecule has 3 N–H and O–H groups in total. The fraction of sp³-hybridized carbons (Fsp3) is 0.455. The summed E-state index contributed by atoms with van der Waals surface area (Å²) < 4.78 is 0. The highest BCUT2D eigenvalue weighted by Crippen LogP contribution is 2.27. The Morgan fingerprint density at radius 3 is 2.21 bits per heavy atom. The third-order valence-electron chi connectivity index (χ3n) is 4.64. The lowest BCUT2D eigenvalue weighted by Gasteiger charge is -2.19. The van der Waals surface area contributed by atoms with E-state index in [1.165, 1.54) is 5.56 Å². The van der Waals surface area contributed by atoms with Gasteiger partial charge in [0.25, 0.3) is 0 Å². The van der Waals surface area contributed by atoms with Gasteiger partial charge in [-0.3, -0.25) is 14.9 Å². The van der Waals surface area contributed by atoms with Gasteiger partial charge in [-0.2, -0.15) is 0 Å². The van der Waals surface area contributed by atoms with Crippen LogP contribution in [0.15, 0.2) is 41.8 Å². The molecule has 0 spiro atoms. The van der Waals surface area contributed by atoms with E-state index in [0.29, 0.717) is 5.92 Å². The zero-order valence-corrected chi connectivity index (χ0v) is 17.9. The highest BCUT2D eigenvalue weighted by Gasteiger charge is 2.17. The number of rotatable bonds is 10. The van der Waals surface area contributed by atoms with Gasteiger partial charge in [-0.25, -0.2) is 0 Å². The molecular weight excluding hydrogens is 370 g/mol. The van der Waals surface area contributed by atoms with Crippen molar-refractivity contribution < 1.29 is 9.59 Å². The third kappa shape index (κ3) is 6.77. The van der Waals surface area contributed by atoms with Crippen LogP contribution >= 0.6 is 11.3 Å². The average molecular weight is 402 g/mol. The Balaban J connectivity index is 1.99. The van der Waals surface area contributed by atoms with Crippen LogP contribution in [0.2, 0.25) is 0 Å². The molecule has 1 aromatic carbocycles. The average Bonchev–Trinajstić information content (AvgIpc) is 3.20. The van der Waals surface area contributed by atoms with Gasteiger partial charge in [0.1, 0.15) is 0 Å². The lowest BCUT2D eigenvalue weighted by molar-refractivity contribution is -0.125. The van der Waals surface area contributed by atoms with Crippen molar-refractivity contribution in [3.8, 4) is 0 Å². The van der Waals surface area contributed by atoms with Crippen molar-refractivity contribution in [3.05, 3.63) is 57.8 Å². The maximum absolute atomic E-state index is 12.2. The summed E-state index contributed by atoms with van der Waals surface area (Å²) in [7, 11) is 0. The first-order valence-corrected chi connectivity index (χ1v) is 10.7. The van der Waals surface area contributed by atoms with Gasteiger partial charge in [0.15, 0.2) is 0 Å². The maximum Gasteiger partial charge on any atom is 0.239 e. The van der Waals surface area contributed by atoms with Gasteiger partial charge < -0.3 is 10.6 Å². The summed E-state index contributed by atoms with van der Waals surface area (Å²) in [6, 6.07) is 12.7. The monoisotopic (exact) mass is 401 g/mol. The second-order valence-corrected chi connectivity index (χ2v) is 8.28. The largest absolute Gasteiger partial charge is 0.352 e. The van der Waals surface area contributed by atoms with Gasteiger partial charge in [0.05, 0.1) is 19.1 Å². The molecule has 0 aliphatic heterocycles. The van der Waals surface area contributed by atoms with E-state index >= 15 is 0 Å². The van der Waals surface area contributed by atoms with Crippen molar-refractivity contribution in [1.29, 1.82) is 0 Å². The van der Waals surface area contributed by atoms with Gasteiger partial charge in [0, 0.05) is 10.9 Å². The molecule has 1 heterocycles. The van der Waals surface area contributed by atoms with Crippen LogP contribution in [0.25, 0.3) is 0 Å². The summed E-state index contributed by atoms with van der Waals surface area (Å²) >= 11 is 1.66. The summed E-state index contributed by atoms with van der Waals surface area (Å²) in [5, 5.41) is 10.8. The number of benzene rings is 1. The highest BCUT2D eigenvalue weighted by molar-refractivity contribution is 7.10. The van der Waals surface area contributed by atoms with Crippen LogP contribution in [0.3, 0.4) is 0 Å². The molecule has 0 aliphatic rings. The number of hydrogen-bond donors (Lipinski definition) is 3. The summed E-state index contributed by atoms with van der Waals surface area (Å²) in [6.07, 6.45) is 1.11. The molecule has 5 nitrogen and oxygen atoms in total. The minimum atomic E-state index is -0.198. The van der Waals surface area contributed by atoms with Gasteiger partial charge >= 0.3 is 0 Å². The van der Waals surface area contributed by atoms with Gasteiger partial charge in [-0.1, -0.05) is 44.2 Å². The Morgan fingerprint density at radius 2 is 1.64 bits per heavy atom. The van der Waals surface area contributed by atoms with Crippen LogP contribution in [-0.2, 0) is 9.59 Å². The molecule has 2 atom stereocenters. The Kier molecular flexibility index (Phi) is 8.67. The molecule has 6 heteroatoms. The standard InChI is InChI=1S/C22H31N3O2S/c1-5-16(4)17-8-10-18(11-9-17)22(19-7-6-12-28-19)24-13-20(26)23-14-21(27)25-15(2)3/h6-12,15-16,22,24H,5,13-14H2,1-4H3,(H,23,26)(H,25,27)/t16-,22-/m1/s1. The second kappa shape index (κ2) is 11.0. The summed E-state index contributed by atoms with van der Waals surface area (Å²) in [5.74, 6) is 0.153. The van der Waals surface area contributed by atoms with Crippen molar-refractivity contribution in [2.45, 2.75) is 52.1 Å². The summed E-state index contributed by atoms with van der Waals surface area (Å²) in [5.41, 5.74) is 2.45. The lowest BCUT2D eigenvalue weighted by Crippen LogP contribution is -2.43. The predicted molar refractivity (Wildman–Crippen MR) is 116 cm³/mol. The Bertz CT molecular complexity index is 742. The zero-order valence-electron chi connectivity index (χ0n) is 17.1. The molecule has 0 aliphatic carbocycles. The lowest BCUT2D eigenvalue weighted by atomic mass is 9.95. The van der Waals surface area contributed by atoms with E-state index in [9.17, 15) is 9.59 Å². The van der Waals surface area contributed by atoms with Gasteiger partial charge in [-0.15, -0.1) is 11.3 Å². The topological polar surface area (TPSA) is 70.2 Å². The zero-order chi connectivity index (χ0) is 20.5. The molecule has 0 bridgehead atoms. The fourth-order valence-electron chi connectivity index (χ4n) is 2.90. The van der Waals surface area contributed by atoms with E-state index in [-0.39, 0.29) is 37.0 Å². The number of carbonyl (C=O) groups excluding carboxylic acids is 2.